The first kappa shape index (κ1) is 13.7. The summed E-state index contributed by atoms with van der Waals surface area (Å²) in [4.78, 5) is 0. The van der Waals surface area contributed by atoms with Gasteiger partial charge in [-0.3, -0.25) is 0 Å². The van der Waals surface area contributed by atoms with Crippen molar-refractivity contribution in [1.82, 2.24) is 0 Å². The molecule has 2 aromatic carbocycles. The molecule has 0 aliphatic carbocycles. The lowest BCUT2D eigenvalue weighted by molar-refractivity contribution is 1.60. The molecule has 0 atom stereocenters. The van der Waals surface area contributed by atoms with Crippen molar-refractivity contribution in [1.29, 1.82) is 0 Å². The maximum absolute atomic E-state index is 3.69. The molecule has 0 spiro atoms. The van der Waals surface area contributed by atoms with Crippen molar-refractivity contribution in [2.24, 2.45) is 0 Å². The third kappa shape index (κ3) is 5.00. The second-order valence-corrected chi connectivity index (χ2v) is 4.50. The van der Waals surface area contributed by atoms with Gasteiger partial charge in [-0.1, -0.05) is 73.8 Å². The third-order valence-electron chi connectivity index (χ3n) is 2.16. The van der Waals surface area contributed by atoms with Crippen LogP contribution in [0.3, 0.4) is 0 Å². The molecular formula is C16H15I. The first-order valence-corrected chi connectivity index (χ1v) is 6.40. The van der Waals surface area contributed by atoms with E-state index in [4.69, 9.17) is 0 Å². The molecule has 0 unspecified atom stereocenters. The van der Waals surface area contributed by atoms with Gasteiger partial charge in [0, 0.05) is 3.57 Å². The summed E-state index contributed by atoms with van der Waals surface area (Å²) in [5.41, 5.74) is 2.38. The minimum absolute atomic E-state index is 1.17. The summed E-state index contributed by atoms with van der Waals surface area (Å²) < 4.78 is 1.25. The van der Waals surface area contributed by atoms with Crippen molar-refractivity contribution >= 4 is 34.7 Å². The first-order chi connectivity index (χ1) is 8.27. The number of rotatable bonds is 2. The highest BCUT2D eigenvalue weighted by Gasteiger charge is 1.88. The molecule has 0 bridgehead atoms. The number of benzene rings is 2. The number of halogens is 1. The lowest BCUT2D eigenvalue weighted by Gasteiger charge is -1.93. The average Bonchev–Trinajstić information content (AvgIpc) is 2.41. The van der Waals surface area contributed by atoms with E-state index < -0.39 is 0 Å². The minimum atomic E-state index is 1.17. The van der Waals surface area contributed by atoms with Crippen molar-refractivity contribution in [3.05, 3.63) is 82.5 Å². The Balaban J connectivity index is 0.000000171. The van der Waals surface area contributed by atoms with Crippen LogP contribution in [0.5, 0.6) is 0 Å². The van der Waals surface area contributed by atoms with E-state index >= 15 is 0 Å². The van der Waals surface area contributed by atoms with E-state index in [0.717, 1.165) is 0 Å². The van der Waals surface area contributed by atoms with Crippen molar-refractivity contribution in [3.8, 4) is 0 Å². The van der Waals surface area contributed by atoms with Crippen molar-refractivity contribution < 1.29 is 0 Å². The fourth-order valence-corrected chi connectivity index (χ4v) is 1.84. The fraction of sp³-hybridized carbons (Fsp3) is 0. The maximum atomic E-state index is 3.69. The average molecular weight is 334 g/mol. The van der Waals surface area contributed by atoms with Crippen LogP contribution in [0.2, 0.25) is 0 Å². The second-order valence-electron chi connectivity index (χ2n) is 3.34. The van der Waals surface area contributed by atoms with Crippen LogP contribution in [0.4, 0.5) is 0 Å². The predicted molar refractivity (Wildman–Crippen MR) is 85.8 cm³/mol. The van der Waals surface area contributed by atoms with Crippen LogP contribution in [-0.2, 0) is 0 Å². The van der Waals surface area contributed by atoms with Gasteiger partial charge in [-0.05, 0) is 39.8 Å². The minimum Gasteiger partial charge on any atom is -0.0985 e. The van der Waals surface area contributed by atoms with Crippen LogP contribution >= 0.6 is 22.6 Å². The molecular weight excluding hydrogens is 319 g/mol. The van der Waals surface area contributed by atoms with Gasteiger partial charge in [-0.15, -0.1) is 0 Å². The molecule has 0 aliphatic rings. The van der Waals surface area contributed by atoms with Gasteiger partial charge in [0.25, 0.3) is 0 Å². The standard InChI is InChI=1S/C8H7I.C8H8/c1-2-7-5-3-4-6-8(7)9;1-2-8-6-4-3-5-7-8/h2-6H,1H2;2-7H,1H2. The summed E-state index contributed by atoms with van der Waals surface area (Å²) >= 11 is 2.29. The molecule has 2 rings (SSSR count). The van der Waals surface area contributed by atoms with Crippen LogP contribution in [0, 0.1) is 3.57 Å². The molecule has 0 N–H and O–H groups in total. The van der Waals surface area contributed by atoms with Crippen LogP contribution in [0.25, 0.3) is 12.2 Å². The first-order valence-electron chi connectivity index (χ1n) is 5.32. The van der Waals surface area contributed by atoms with Crippen molar-refractivity contribution in [3.63, 3.8) is 0 Å². The summed E-state index contributed by atoms with van der Waals surface area (Å²) in [7, 11) is 0. The molecule has 17 heavy (non-hydrogen) atoms. The van der Waals surface area contributed by atoms with Crippen molar-refractivity contribution in [2.45, 2.75) is 0 Å². The highest BCUT2D eigenvalue weighted by molar-refractivity contribution is 14.1. The molecule has 0 aliphatic heterocycles. The zero-order valence-electron chi connectivity index (χ0n) is 9.64. The van der Waals surface area contributed by atoms with Gasteiger partial charge in [0.15, 0.2) is 0 Å². The molecule has 2 aromatic rings. The van der Waals surface area contributed by atoms with Gasteiger partial charge in [0.05, 0.1) is 0 Å². The third-order valence-corrected chi connectivity index (χ3v) is 3.14. The quantitative estimate of drug-likeness (QED) is 0.657. The lowest BCUT2D eigenvalue weighted by Crippen LogP contribution is -1.74. The Morgan fingerprint density at radius 3 is 1.76 bits per heavy atom. The van der Waals surface area contributed by atoms with E-state index in [0.29, 0.717) is 0 Å². The number of hydrogen-bond acceptors (Lipinski definition) is 0. The van der Waals surface area contributed by atoms with Crippen molar-refractivity contribution in [2.75, 3.05) is 0 Å². The summed E-state index contributed by atoms with van der Waals surface area (Å²) in [5, 5.41) is 0. The smallest absolute Gasteiger partial charge is 0.0202 e. The summed E-state index contributed by atoms with van der Waals surface area (Å²) in [6.45, 7) is 7.32. The van der Waals surface area contributed by atoms with E-state index in [2.05, 4.69) is 47.9 Å². The van der Waals surface area contributed by atoms with E-state index in [-0.39, 0.29) is 0 Å². The molecule has 1 heteroatoms. The summed E-state index contributed by atoms with van der Waals surface area (Å²) in [6, 6.07) is 18.2. The van der Waals surface area contributed by atoms with E-state index in [1.54, 1.807) is 0 Å². The van der Waals surface area contributed by atoms with E-state index in [1.807, 2.05) is 54.6 Å². The monoisotopic (exact) mass is 334 g/mol. The Labute approximate surface area is 117 Å². The highest BCUT2D eigenvalue weighted by atomic mass is 127. The largest absolute Gasteiger partial charge is 0.0985 e. The SMILES string of the molecule is C=Cc1ccccc1.C=Cc1ccccc1I. The predicted octanol–water partition coefficient (Wildman–Crippen LogP) is 5.26. The summed E-state index contributed by atoms with van der Waals surface area (Å²) in [5.74, 6) is 0. The van der Waals surface area contributed by atoms with Gasteiger partial charge in [-0.2, -0.15) is 0 Å². The molecule has 86 valence electrons. The van der Waals surface area contributed by atoms with E-state index in [1.165, 1.54) is 14.7 Å². The van der Waals surface area contributed by atoms with E-state index in [9.17, 15) is 0 Å². The molecule has 0 radical (unpaired) electrons. The molecule has 0 aromatic heterocycles. The zero-order chi connectivity index (χ0) is 12.5. The van der Waals surface area contributed by atoms with Gasteiger partial charge in [0.2, 0.25) is 0 Å². The molecule has 0 fully saturated rings. The van der Waals surface area contributed by atoms with Gasteiger partial charge in [0.1, 0.15) is 0 Å². The Kier molecular flexibility index (Phi) is 6.33. The van der Waals surface area contributed by atoms with Gasteiger partial charge in [-0.25, -0.2) is 0 Å². The Bertz CT molecular complexity index is 472. The number of hydrogen-bond donors (Lipinski definition) is 0. The molecule has 0 nitrogen and oxygen atoms in total. The topological polar surface area (TPSA) is 0 Å². The highest BCUT2D eigenvalue weighted by Crippen LogP contribution is 2.11. The van der Waals surface area contributed by atoms with Crippen LogP contribution < -0.4 is 0 Å². The zero-order valence-corrected chi connectivity index (χ0v) is 11.8. The lowest BCUT2D eigenvalue weighted by atomic mass is 10.2. The molecule has 0 saturated carbocycles. The Morgan fingerprint density at radius 2 is 1.35 bits per heavy atom. The van der Waals surface area contributed by atoms with Crippen LogP contribution in [0.15, 0.2) is 67.8 Å². The van der Waals surface area contributed by atoms with Crippen LogP contribution in [-0.4, -0.2) is 0 Å². The maximum Gasteiger partial charge on any atom is 0.0202 e. The molecule has 0 saturated heterocycles. The van der Waals surface area contributed by atoms with Gasteiger partial charge >= 0.3 is 0 Å². The van der Waals surface area contributed by atoms with Gasteiger partial charge < -0.3 is 0 Å². The van der Waals surface area contributed by atoms with Crippen LogP contribution in [0.1, 0.15) is 11.1 Å². The summed E-state index contributed by atoms with van der Waals surface area (Å²) in [6.07, 6.45) is 3.70. The molecule has 0 heterocycles. The normalized spacial score (nSPS) is 8.76. The molecule has 0 amide bonds. The Morgan fingerprint density at radius 1 is 0.765 bits per heavy atom. The fourth-order valence-electron chi connectivity index (χ4n) is 1.23. The Hall–Kier alpha value is -1.35. The second kappa shape index (κ2) is 7.85.